The number of aromatic nitrogens is 1. The number of benzene rings is 1. The Labute approximate surface area is 106 Å². The van der Waals surface area contributed by atoms with Crippen molar-refractivity contribution < 1.29 is 9.53 Å². The summed E-state index contributed by atoms with van der Waals surface area (Å²) in [5, 5.41) is 1.02. The Bertz CT molecular complexity index is 568. The molecule has 2 aromatic rings. The van der Waals surface area contributed by atoms with Gasteiger partial charge in [-0.2, -0.15) is 0 Å². The van der Waals surface area contributed by atoms with Crippen molar-refractivity contribution in [2.45, 2.75) is 12.8 Å². The van der Waals surface area contributed by atoms with E-state index in [0.717, 1.165) is 29.5 Å². The summed E-state index contributed by atoms with van der Waals surface area (Å²) < 4.78 is 5.31. The van der Waals surface area contributed by atoms with Crippen LogP contribution in [-0.4, -0.2) is 24.0 Å². The van der Waals surface area contributed by atoms with E-state index < -0.39 is 0 Å². The summed E-state index contributed by atoms with van der Waals surface area (Å²) in [6.07, 6.45) is 3.29. The molecule has 2 heterocycles. The van der Waals surface area contributed by atoms with Crippen molar-refractivity contribution in [3.8, 4) is 0 Å². The number of para-hydroxylation sites is 1. The predicted octanol–water partition coefficient (Wildman–Crippen LogP) is 2.84. The number of carbonyl (C=O) groups excluding carboxylic acids is 1. The Morgan fingerprint density at radius 2 is 2.22 bits per heavy atom. The summed E-state index contributed by atoms with van der Waals surface area (Å²) in [6, 6.07) is 9.65. The summed E-state index contributed by atoms with van der Waals surface area (Å²) in [5.41, 5.74) is 1.55. The number of ketones is 1. The molecule has 1 fully saturated rings. The van der Waals surface area contributed by atoms with Gasteiger partial charge in [-0.1, -0.05) is 18.2 Å². The van der Waals surface area contributed by atoms with Crippen LogP contribution >= 0.6 is 0 Å². The van der Waals surface area contributed by atoms with Crippen LogP contribution < -0.4 is 0 Å². The van der Waals surface area contributed by atoms with Gasteiger partial charge in [0.25, 0.3) is 0 Å². The molecule has 3 rings (SSSR count). The zero-order valence-corrected chi connectivity index (χ0v) is 10.1. The van der Waals surface area contributed by atoms with Gasteiger partial charge in [0.15, 0.2) is 5.78 Å². The van der Waals surface area contributed by atoms with Gasteiger partial charge >= 0.3 is 0 Å². The van der Waals surface area contributed by atoms with E-state index in [1.165, 1.54) is 0 Å². The Balaban J connectivity index is 1.91. The first-order chi connectivity index (χ1) is 8.84. The molecule has 1 atom stereocenters. The molecule has 0 spiro atoms. The Kier molecular flexibility index (Phi) is 3.07. The number of nitrogens with zero attached hydrogens (tertiary/aromatic N) is 1. The minimum Gasteiger partial charge on any atom is -0.381 e. The molecule has 18 heavy (non-hydrogen) atoms. The lowest BCUT2D eigenvalue weighted by atomic mass is 9.96. The Morgan fingerprint density at radius 3 is 3.06 bits per heavy atom. The molecule has 92 valence electrons. The number of carbonyl (C=O) groups is 1. The third-order valence-electron chi connectivity index (χ3n) is 3.43. The zero-order valence-electron chi connectivity index (χ0n) is 10.1. The van der Waals surface area contributed by atoms with Gasteiger partial charge < -0.3 is 4.74 Å². The molecular formula is C15H15NO2. The predicted molar refractivity (Wildman–Crippen MR) is 69.6 cm³/mol. The maximum atomic E-state index is 12.3. The SMILES string of the molecule is O=C(CC1CCOC1)c1cccc2cccnc12. The van der Waals surface area contributed by atoms with Crippen LogP contribution in [0.2, 0.25) is 0 Å². The first-order valence-corrected chi connectivity index (χ1v) is 6.29. The second-order valence-electron chi connectivity index (χ2n) is 4.74. The minimum absolute atomic E-state index is 0.176. The van der Waals surface area contributed by atoms with Crippen LogP contribution in [0.15, 0.2) is 36.5 Å². The van der Waals surface area contributed by atoms with E-state index in [2.05, 4.69) is 4.98 Å². The number of ether oxygens (including phenoxy) is 1. The molecule has 0 radical (unpaired) electrons. The fourth-order valence-corrected chi connectivity index (χ4v) is 2.45. The highest BCUT2D eigenvalue weighted by Gasteiger charge is 2.21. The van der Waals surface area contributed by atoms with Crippen molar-refractivity contribution in [1.29, 1.82) is 0 Å². The lowest BCUT2D eigenvalue weighted by Gasteiger charge is -2.08. The van der Waals surface area contributed by atoms with E-state index in [9.17, 15) is 4.79 Å². The van der Waals surface area contributed by atoms with E-state index in [1.54, 1.807) is 6.20 Å². The average molecular weight is 241 g/mol. The van der Waals surface area contributed by atoms with Gasteiger partial charge in [0.05, 0.1) is 5.52 Å². The van der Waals surface area contributed by atoms with Crippen molar-refractivity contribution in [3.63, 3.8) is 0 Å². The van der Waals surface area contributed by atoms with Gasteiger partial charge in [0.2, 0.25) is 0 Å². The van der Waals surface area contributed by atoms with Gasteiger partial charge in [-0.05, 0) is 24.5 Å². The van der Waals surface area contributed by atoms with Gasteiger partial charge in [0.1, 0.15) is 0 Å². The highest BCUT2D eigenvalue weighted by atomic mass is 16.5. The van der Waals surface area contributed by atoms with Crippen molar-refractivity contribution in [3.05, 3.63) is 42.1 Å². The summed E-state index contributed by atoms with van der Waals surface area (Å²) in [7, 11) is 0. The quantitative estimate of drug-likeness (QED) is 0.776. The smallest absolute Gasteiger partial charge is 0.165 e. The lowest BCUT2D eigenvalue weighted by Crippen LogP contribution is -2.09. The molecule has 1 saturated heterocycles. The monoisotopic (exact) mass is 241 g/mol. The molecule has 1 aliphatic heterocycles. The van der Waals surface area contributed by atoms with Crippen LogP contribution in [0.3, 0.4) is 0 Å². The van der Waals surface area contributed by atoms with Crippen LogP contribution in [0, 0.1) is 5.92 Å². The highest BCUT2D eigenvalue weighted by Crippen LogP contribution is 2.22. The van der Waals surface area contributed by atoms with Gasteiger partial charge in [-0.25, -0.2) is 0 Å². The number of pyridine rings is 1. The molecule has 1 aromatic heterocycles. The van der Waals surface area contributed by atoms with Crippen LogP contribution in [0.25, 0.3) is 10.9 Å². The molecule has 1 unspecified atom stereocenters. The molecule has 0 amide bonds. The van der Waals surface area contributed by atoms with Gasteiger partial charge in [-0.15, -0.1) is 0 Å². The van der Waals surface area contributed by atoms with E-state index in [1.807, 2.05) is 30.3 Å². The number of rotatable bonds is 3. The first-order valence-electron chi connectivity index (χ1n) is 6.29. The number of hydrogen-bond acceptors (Lipinski definition) is 3. The standard InChI is InChI=1S/C15H15NO2/c17-14(9-11-6-8-18-10-11)13-5-1-3-12-4-2-7-16-15(12)13/h1-5,7,11H,6,8-10H2. The third kappa shape index (κ3) is 2.14. The fourth-order valence-electron chi connectivity index (χ4n) is 2.45. The highest BCUT2D eigenvalue weighted by molar-refractivity contribution is 6.06. The van der Waals surface area contributed by atoms with Gasteiger partial charge in [0, 0.05) is 36.8 Å². The normalized spacial score (nSPS) is 19.2. The molecule has 3 nitrogen and oxygen atoms in total. The molecule has 1 aliphatic rings. The fraction of sp³-hybridized carbons (Fsp3) is 0.333. The van der Waals surface area contributed by atoms with Crippen LogP contribution in [0.5, 0.6) is 0 Å². The van der Waals surface area contributed by atoms with Crippen LogP contribution in [0.4, 0.5) is 0 Å². The summed E-state index contributed by atoms with van der Waals surface area (Å²) in [6.45, 7) is 1.50. The maximum absolute atomic E-state index is 12.3. The molecular weight excluding hydrogens is 226 g/mol. The largest absolute Gasteiger partial charge is 0.381 e. The lowest BCUT2D eigenvalue weighted by molar-refractivity contribution is 0.0954. The van der Waals surface area contributed by atoms with E-state index in [0.29, 0.717) is 18.9 Å². The second kappa shape index (κ2) is 4.86. The molecule has 0 aliphatic carbocycles. The van der Waals surface area contributed by atoms with Gasteiger partial charge in [-0.3, -0.25) is 9.78 Å². The molecule has 1 aromatic carbocycles. The molecule has 0 N–H and O–H groups in total. The first kappa shape index (κ1) is 11.4. The number of hydrogen-bond donors (Lipinski definition) is 0. The third-order valence-corrected chi connectivity index (χ3v) is 3.43. The van der Waals surface area contributed by atoms with Crippen molar-refractivity contribution >= 4 is 16.7 Å². The average Bonchev–Trinajstić information content (AvgIpc) is 2.91. The van der Waals surface area contributed by atoms with E-state index >= 15 is 0 Å². The number of fused-ring (bicyclic) bond motifs is 1. The second-order valence-corrected chi connectivity index (χ2v) is 4.74. The van der Waals surface area contributed by atoms with Crippen LogP contribution in [0.1, 0.15) is 23.2 Å². The maximum Gasteiger partial charge on any atom is 0.165 e. The minimum atomic E-state index is 0.176. The molecule has 0 bridgehead atoms. The zero-order chi connectivity index (χ0) is 12.4. The molecule has 0 saturated carbocycles. The topological polar surface area (TPSA) is 39.2 Å². The van der Waals surface area contributed by atoms with Crippen molar-refractivity contribution in [2.75, 3.05) is 13.2 Å². The van der Waals surface area contributed by atoms with Crippen molar-refractivity contribution in [1.82, 2.24) is 4.98 Å². The summed E-state index contributed by atoms with van der Waals surface area (Å²) in [5.74, 6) is 0.547. The van der Waals surface area contributed by atoms with Crippen molar-refractivity contribution in [2.24, 2.45) is 5.92 Å². The van der Waals surface area contributed by atoms with Crippen LogP contribution in [-0.2, 0) is 4.74 Å². The van der Waals surface area contributed by atoms with E-state index in [4.69, 9.17) is 4.74 Å². The molecule has 3 heteroatoms. The Morgan fingerprint density at radius 1 is 1.33 bits per heavy atom. The number of Topliss-reactive ketones (excluding diaryl/α,β-unsaturated/α-hetero) is 1. The summed E-state index contributed by atoms with van der Waals surface area (Å²) >= 11 is 0. The Hall–Kier alpha value is -1.74. The summed E-state index contributed by atoms with van der Waals surface area (Å²) in [4.78, 5) is 16.6. The van der Waals surface area contributed by atoms with E-state index in [-0.39, 0.29) is 5.78 Å².